The molecular weight excluding hydrogens is 384 g/mol. The molecule has 3 N–H and O–H groups in total. The van der Waals surface area contributed by atoms with Crippen LogP contribution in [0, 0.1) is 20.8 Å². The molecular formula is C19H23ClN4O2S. The Hall–Kier alpha value is -2.38. The van der Waals surface area contributed by atoms with Gasteiger partial charge in [-0.05, 0) is 70.1 Å². The van der Waals surface area contributed by atoms with Gasteiger partial charge in [0.25, 0.3) is 0 Å². The van der Waals surface area contributed by atoms with Gasteiger partial charge in [0, 0.05) is 16.4 Å². The van der Waals surface area contributed by atoms with Crippen LogP contribution in [0.4, 0.5) is 5.69 Å². The molecule has 2 aromatic rings. The maximum absolute atomic E-state index is 12.1. The van der Waals surface area contributed by atoms with Crippen molar-refractivity contribution in [3.8, 4) is 0 Å². The maximum Gasteiger partial charge on any atom is 0.340 e. The van der Waals surface area contributed by atoms with E-state index in [0.717, 1.165) is 28.2 Å². The van der Waals surface area contributed by atoms with E-state index in [2.05, 4.69) is 20.8 Å². The van der Waals surface area contributed by atoms with Crippen LogP contribution in [-0.4, -0.2) is 28.4 Å². The van der Waals surface area contributed by atoms with Gasteiger partial charge in [0.1, 0.15) is 0 Å². The highest BCUT2D eigenvalue weighted by Crippen LogP contribution is 2.23. The summed E-state index contributed by atoms with van der Waals surface area (Å²) in [7, 11) is 0. The molecule has 1 heterocycles. The van der Waals surface area contributed by atoms with Crippen molar-refractivity contribution in [2.45, 2.75) is 34.6 Å². The molecule has 0 aliphatic rings. The van der Waals surface area contributed by atoms with E-state index in [1.165, 1.54) is 0 Å². The van der Waals surface area contributed by atoms with Gasteiger partial charge < -0.3 is 15.0 Å². The van der Waals surface area contributed by atoms with Crippen molar-refractivity contribution in [1.29, 1.82) is 0 Å². The lowest BCUT2D eigenvalue weighted by Gasteiger charge is -2.11. The van der Waals surface area contributed by atoms with E-state index >= 15 is 0 Å². The summed E-state index contributed by atoms with van der Waals surface area (Å²) in [5.74, 6) is -0.343. The fourth-order valence-corrected chi connectivity index (χ4v) is 3.04. The first-order valence-corrected chi connectivity index (χ1v) is 9.27. The van der Waals surface area contributed by atoms with E-state index in [0.29, 0.717) is 28.0 Å². The van der Waals surface area contributed by atoms with Crippen LogP contribution in [0.15, 0.2) is 23.3 Å². The Bertz CT molecular complexity index is 905. The fraction of sp³-hybridized carbons (Fsp3) is 0.316. The number of halogens is 1. The zero-order valence-corrected chi connectivity index (χ0v) is 17.6. The molecule has 0 atom stereocenters. The number of carbonyl (C=O) groups excluding carboxylic acids is 1. The molecule has 27 heavy (non-hydrogen) atoms. The quantitative estimate of drug-likeness (QED) is 0.295. The summed E-state index contributed by atoms with van der Waals surface area (Å²) in [4.78, 5) is 15.3. The molecule has 6 nitrogen and oxygen atoms in total. The Morgan fingerprint density at radius 2 is 2.00 bits per heavy atom. The van der Waals surface area contributed by atoms with Crippen molar-refractivity contribution in [3.63, 3.8) is 0 Å². The molecule has 8 heteroatoms. The molecule has 0 bridgehead atoms. The standard InChI is InChI=1S/C19H23ClN4O2S/c1-6-26-18(25)16-11(3)17(21-12(16)4)13(5)23-24-19(27)22-15-9-7-8-14(20)10(15)2/h7-9,21H,6H2,1-5H3,(H2,22,24,27)/b23-13+. The Morgan fingerprint density at radius 1 is 1.30 bits per heavy atom. The molecule has 0 saturated carbocycles. The van der Waals surface area contributed by atoms with Crippen molar-refractivity contribution in [2.24, 2.45) is 5.10 Å². The lowest BCUT2D eigenvalue weighted by molar-refractivity contribution is 0.0525. The number of thiocarbonyl (C=S) groups is 1. The van der Waals surface area contributed by atoms with Gasteiger partial charge in [-0.1, -0.05) is 17.7 Å². The van der Waals surface area contributed by atoms with Gasteiger partial charge >= 0.3 is 5.97 Å². The minimum absolute atomic E-state index is 0.329. The van der Waals surface area contributed by atoms with Crippen LogP contribution in [0.1, 0.15) is 46.7 Å². The van der Waals surface area contributed by atoms with Gasteiger partial charge in [0.05, 0.1) is 23.6 Å². The normalized spacial score (nSPS) is 11.3. The monoisotopic (exact) mass is 406 g/mol. The third-order valence-electron chi connectivity index (χ3n) is 4.12. The number of H-pyrrole nitrogens is 1. The smallest absolute Gasteiger partial charge is 0.340 e. The summed E-state index contributed by atoms with van der Waals surface area (Å²) in [6.45, 7) is 9.53. The molecule has 144 valence electrons. The number of hydrazone groups is 1. The van der Waals surface area contributed by atoms with E-state index in [1.54, 1.807) is 6.92 Å². The highest BCUT2D eigenvalue weighted by Gasteiger charge is 2.20. The zero-order chi connectivity index (χ0) is 20.1. The molecule has 1 aromatic carbocycles. The second-order valence-electron chi connectivity index (χ2n) is 6.02. The largest absolute Gasteiger partial charge is 0.462 e. The lowest BCUT2D eigenvalue weighted by Crippen LogP contribution is -2.25. The average Bonchev–Trinajstić information content (AvgIpc) is 2.91. The van der Waals surface area contributed by atoms with E-state index in [9.17, 15) is 4.79 Å². The van der Waals surface area contributed by atoms with Crippen LogP contribution >= 0.6 is 23.8 Å². The second kappa shape index (κ2) is 9.01. The fourth-order valence-electron chi connectivity index (χ4n) is 2.70. The van der Waals surface area contributed by atoms with Crippen molar-refractivity contribution in [1.82, 2.24) is 10.4 Å². The molecule has 0 unspecified atom stereocenters. The molecule has 0 amide bonds. The molecule has 0 radical (unpaired) electrons. The number of hydrogen-bond acceptors (Lipinski definition) is 4. The van der Waals surface area contributed by atoms with Crippen LogP contribution in [0.5, 0.6) is 0 Å². The van der Waals surface area contributed by atoms with E-state index in [1.807, 2.05) is 45.9 Å². The first-order chi connectivity index (χ1) is 12.8. The number of anilines is 1. The van der Waals surface area contributed by atoms with Crippen LogP contribution in [-0.2, 0) is 4.74 Å². The number of aryl methyl sites for hydroxylation is 1. The maximum atomic E-state index is 12.1. The van der Waals surface area contributed by atoms with E-state index in [4.69, 9.17) is 28.6 Å². The molecule has 1 aromatic heterocycles. The molecule has 0 aliphatic carbocycles. The first-order valence-electron chi connectivity index (χ1n) is 8.49. The Kier molecular flexibility index (Phi) is 6.98. The highest BCUT2D eigenvalue weighted by atomic mass is 35.5. The van der Waals surface area contributed by atoms with Crippen molar-refractivity contribution < 1.29 is 9.53 Å². The summed E-state index contributed by atoms with van der Waals surface area (Å²) in [6.07, 6.45) is 0. The SMILES string of the molecule is CCOC(=O)c1c(C)[nH]c(/C(C)=N/NC(=S)Nc2cccc(Cl)c2C)c1C. The van der Waals surface area contributed by atoms with E-state index in [-0.39, 0.29) is 5.97 Å². The molecule has 2 rings (SSSR count). The minimum Gasteiger partial charge on any atom is -0.462 e. The number of esters is 1. The minimum atomic E-state index is -0.343. The Morgan fingerprint density at radius 3 is 2.67 bits per heavy atom. The van der Waals surface area contributed by atoms with Crippen LogP contribution in [0.3, 0.4) is 0 Å². The van der Waals surface area contributed by atoms with Gasteiger partial charge in [-0.25, -0.2) is 4.79 Å². The lowest BCUT2D eigenvalue weighted by atomic mass is 10.1. The van der Waals surface area contributed by atoms with E-state index < -0.39 is 0 Å². The summed E-state index contributed by atoms with van der Waals surface area (Å²) < 4.78 is 5.11. The molecule has 0 fully saturated rings. The second-order valence-corrected chi connectivity index (χ2v) is 6.84. The van der Waals surface area contributed by atoms with Gasteiger partial charge in [-0.3, -0.25) is 5.43 Å². The third-order valence-corrected chi connectivity index (χ3v) is 4.72. The number of carbonyl (C=O) groups is 1. The van der Waals surface area contributed by atoms with Gasteiger partial charge in [-0.15, -0.1) is 0 Å². The van der Waals surface area contributed by atoms with Crippen molar-refractivity contribution in [2.75, 3.05) is 11.9 Å². The molecule has 0 spiro atoms. The van der Waals surface area contributed by atoms with Crippen molar-refractivity contribution in [3.05, 3.63) is 51.3 Å². The predicted molar refractivity (Wildman–Crippen MR) is 114 cm³/mol. The van der Waals surface area contributed by atoms with Gasteiger partial charge in [0.2, 0.25) is 0 Å². The average molecular weight is 407 g/mol. The summed E-state index contributed by atoms with van der Waals surface area (Å²) in [6, 6.07) is 5.55. The predicted octanol–water partition coefficient (Wildman–Crippen LogP) is 4.48. The summed E-state index contributed by atoms with van der Waals surface area (Å²) >= 11 is 11.4. The van der Waals surface area contributed by atoms with Crippen LogP contribution in [0.2, 0.25) is 5.02 Å². The summed E-state index contributed by atoms with van der Waals surface area (Å²) in [5, 5.41) is 8.38. The van der Waals surface area contributed by atoms with Crippen molar-refractivity contribution >= 4 is 46.3 Å². The number of nitrogens with zero attached hydrogens (tertiary/aromatic N) is 1. The molecule has 0 aliphatic heterocycles. The third kappa shape index (κ3) is 4.87. The summed E-state index contributed by atoms with van der Waals surface area (Å²) in [5.41, 5.74) is 8.02. The number of hydrogen-bond donors (Lipinski definition) is 3. The first kappa shape index (κ1) is 20.9. The van der Waals surface area contributed by atoms with Gasteiger partial charge in [0.15, 0.2) is 5.11 Å². The number of benzene rings is 1. The topological polar surface area (TPSA) is 78.5 Å². The highest BCUT2D eigenvalue weighted by molar-refractivity contribution is 7.80. The number of rotatable bonds is 5. The Balaban J connectivity index is 2.14. The number of nitrogens with one attached hydrogen (secondary N) is 3. The zero-order valence-electron chi connectivity index (χ0n) is 16.0. The number of ether oxygens (including phenoxy) is 1. The van der Waals surface area contributed by atoms with Crippen LogP contribution in [0.25, 0.3) is 0 Å². The number of aromatic amines is 1. The van der Waals surface area contributed by atoms with Gasteiger partial charge in [-0.2, -0.15) is 5.10 Å². The van der Waals surface area contributed by atoms with Crippen LogP contribution < -0.4 is 10.7 Å². The Labute approximate surface area is 169 Å². The number of aromatic nitrogens is 1. The molecule has 0 saturated heterocycles.